The molecule has 0 N–H and O–H groups in total. The second-order valence-electron chi connectivity index (χ2n) is 4.32. The van der Waals surface area contributed by atoms with Crippen molar-refractivity contribution in [1.29, 1.82) is 0 Å². The van der Waals surface area contributed by atoms with Gasteiger partial charge in [-0.15, -0.1) is 0 Å². The van der Waals surface area contributed by atoms with E-state index in [1.165, 1.54) is 0 Å². The fraction of sp³-hybridized carbons (Fsp3) is 0.900. The van der Waals surface area contributed by atoms with Crippen molar-refractivity contribution < 1.29 is 4.79 Å². The van der Waals surface area contributed by atoms with Gasteiger partial charge in [0.15, 0.2) is 0 Å². The number of carbonyl (C=O) groups is 1. The second kappa shape index (κ2) is 4.87. The van der Waals surface area contributed by atoms with Crippen molar-refractivity contribution >= 4 is 5.78 Å². The Morgan fingerprint density at radius 3 is 2.57 bits per heavy atom. The molecule has 1 rings (SSSR count). The number of hydrogen-bond acceptors (Lipinski definition) is 4. The molecular formula is C10H21N3O. The number of rotatable bonds is 3. The molecule has 14 heavy (non-hydrogen) atoms. The van der Waals surface area contributed by atoms with Crippen LogP contribution in [0.5, 0.6) is 0 Å². The van der Waals surface area contributed by atoms with Gasteiger partial charge < -0.3 is 0 Å². The van der Waals surface area contributed by atoms with Gasteiger partial charge in [-0.1, -0.05) is 0 Å². The van der Waals surface area contributed by atoms with Crippen LogP contribution in [0.15, 0.2) is 0 Å². The molecule has 0 aliphatic carbocycles. The number of Topliss-reactive ketones (excluding diaryl/α,β-unsaturated/α-hetero) is 1. The van der Waals surface area contributed by atoms with E-state index in [1.807, 2.05) is 0 Å². The largest absolute Gasteiger partial charge is 0.299 e. The van der Waals surface area contributed by atoms with Crippen LogP contribution < -0.4 is 0 Å². The van der Waals surface area contributed by atoms with Crippen LogP contribution in [-0.2, 0) is 4.79 Å². The lowest BCUT2D eigenvalue weighted by atomic mass is 10.2. The van der Waals surface area contributed by atoms with Gasteiger partial charge in [0.05, 0.1) is 6.54 Å². The van der Waals surface area contributed by atoms with E-state index in [2.05, 4.69) is 35.8 Å². The van der Waals surface area contributed by atoms with Crippen LogP contribution >= 0.6 is 0 Å². The van der Waals surface area contributed by atoms with Gasteiger partial charge in [0.2, 0.25) is 0 Å². The summed E-state index contributed by atoms with van der Waals surface area (Å²) in [5.41, 5.74) is 0. The van der Waals surface area contributed by atoms with Crippen molar-refractivity contribution in [2.24, 2.45) is 0 Å². The topological polar surface area (TPSA) is 26.8 Å². The highest BCUT2D eigenvalue weighted by atomic mass is 16.1. The minimum Gasteiger partial charge on any atom is -0.299 e. The minimum atomic E-state index is 0.243. The molecule has 0 spiro atoms. The molecule has 1 aliphatic heterocycles. The van der Waals surface area contributed by atoms with Gasteiger partial charge in [0, 0.05) is 13.1 Å². The van der Waals surface area contributed by atoms with Crippen LogP contribution in [0.25, 0.3) is 0 Å². The Labute approximate surface area is 86.5 Å². The first kappa shape index (κ1) is 11.6. The average Bonchev–Trinajstić information content (AvgIpc) is 2.01. The Kier molecular flexibility index (Phi) is 4.04. The highest BCUT2D eigenvalue weighted by Crippen LogP contribution is 2.13. The summed E-state index contributed by atoms with van der Waals surface area (Å²) in [4.78, 5) is 17.8. The predicted molar refractivity (Wildman–Crippen MR) is 57.0 cm³/mol. The van der Waals surface area contributed by atoms with Gasteiger partial charge in [-0.25, -0.2) is 0 Å². The van der Waals surface area contributed by atoms with Crippen molar-refractivity contribution in [3.8, 4) is 0 Å². The molecule has 0 bridgehead atoms. The summed E-state index contributed by atoms with van der Waals surface area (Å²) in [6.45, 7) is 4.35. The van der Waals surface area contributed by atoms with Crippen molar-refractivity contribution in [1.82, 2.24) is 14.7 Å². The van der Waals surface area contributed by atoms with Crippen molar-refractivity contribution in [2.75, 3.05) is 40.8 Å². The molecule has 1 saturated heterocycles. The van der Waals surface area contributed by atoms with E-state index in [-0.39, 0.29) is 12.1 Å². The van der Waals surface area contributed by atoms with E-state index < -0.39 is 0 Å². The Hall–Kier alpha value is -0.450. The third kappa shape index (κ3) is 2.77. The summed E-state index contributed by atoms with van der Waals surface area (Å²) >= 11 is 0. The van der Waals surface area contributed by atoms with Gasteiger partial charge >= 0.3 is 0 Å². The summed E-state index contributed by atoms with van der Waals surface area (Å²) in [6.07, 6.45) is 1.42. The first-order valence-electron chi connectivity index (χ1n) is 5.12. The first-order chi connectivity index (χ1) is 6.52. The lowest BCUT2D eigenvalue weighted by Gasteiger charge is -2.44. The minimum absolute atomic E-state index is 0.243. The number of hydrogen-bond donors (Lipinski definition) is 0. The normalized spacial score (nSPS) is 25.6. The lowest BCUT2D eigenvalue weighted by molar-refractivity contribution is -0.124. The molecule has 0 aromatic rings. The molecule has 0 radical (unpaired) electrons. The number of ketones is 1. The van der Waals surface area contributed by atoms with Gasteiger partial charge in [-0.05, 0) is 34.5 Å². The van der Waals surface area contributed by atoms with Gasteiger partial charge in [0.25, 0.3) is 0 Å². The highest BCUT2D eigenvalue weighted by molar-refractivity contribution is 5.77. The molecule has 1 heterocycles. The summed E-state index contributed by atoms with van der Waals surface area (Å²) < 4.78 is 0. The lowest BCUT2D eigenvalue weighted by Crippen LogP contribution is -2.59. The van der Waals surface area contributed by atoms with Crippen LogP contribution in [0.2, 0.25) is 0 Å². The zero-order valence-electron chi connectivity index (χ0n) is 9.66. The molecule has 1 fully saturated rings. The molecule has 82 valence electrons. The SMILES string of the molecule is CC(=O)CN1CCCN(C)C1N(C)C. The van der Waals surface area contributed by atoms with E-state index >= 15 is 0 Å². The molecule has 1 atom stereocenters. The quantitative estimate of drug-likeness (QED) is 0.642. The Morgan fingerprint density at radius 1 is 1.43 bits per heavy atom. The molecule has 0 aromatic carbocycles. The molecule has 0 aromatic heterocycles. The average molecular weight is 199 g/mol. The van der Waals surface area contributed by atoms with Crippen molar-refractivity contribution in [3.63, 3.8) is 0 Å². The zero-order valence-corrected chi connectivity index (χ0v) is 9.66. The maximum Gasteiger partial charge on any atom is 0.143 e. The summed E-state index contributed by atoms with van der Waals surface area (Å²) in [5.74, 6) is 0.243. The molecule has 1 aliphatic rings. The molecule has 4 heteroatoms. The maximum atomic E-state index is 11.1. The van der Waals surface area contributed by atoms with E-state index in [9.17, 15) is 4.79 Å². The molecule has 0 saturated carbocycles. The van der Waals surface area contributed by atoms with Crippen LogP contribution in [0.1, 0.15) is 13.3 Å². The Morgan fingerprint density at radius 2 is 2.07 bits per heavy atom. The predicted octanol–water partition coefficient (Wildman–Crippen LogP) is 0.0581. The fourth-order valence-electron chi connectivity index (χ4n) is 2.20. The third-order valence-electron chi connectivity index (χ3n) is 2.56. The Bertz CT molecular complexity index is 206. The third-order valence-corrected chi connectivity index (χ3v) is 2.56. The van der Waals surface area contributed by atoms with E-state index in [0.717, 1.165) is 19.5 Å². The summed E-state index contributed by atoms with van der Waals surface area (Å²) in [7, 11) is 6.22. The smallest absolute Gasteiger partial charge is 0.143 e. The maximum absolute atomic E-state index is 11.1. The van der Waals surface area contributed by atoms with Crippen LogP contribution in [0.3, 0.4) is 0 Å². The molecule has 1 unspecified atom stereocenters. The van der Waals surface area contributed by atoms with E-state index in [1.54, 1.807) is 6.92 Å². The molecule has 4 nitrogen and oxygen atoms in total. The summed E-state index contributed by atoms with van der Waals surface area (Å²) in [5, 5.41) is 0. The van der Waals surface area contributed by atoms with E-state index in [0.29, 0.717) is 6.54 Å². The molecular weight excluding hydrogens is 178 g/mol. The molecule has 0 amide bonds. The Balaban J connectivity index is 2.64. The first-order valence-corrected chi connectivity index (χ1v) is 5.12. The number of carbonyl (C=O) groups excluding carboxylic acids is 1. The van der Waals surface area contributed by atoms with E-state index in [4.69, 9.17) is 0 Å². The highest BCUT2D eigenvalue weighted by Gasteiger charge is 2.28. The van der Waals surface area contributed by atoms with Crippen LogP contribution in [0.4, 0.5) is 0 Å². The van der Waals surface area contributed by atoms with Crippen molar-refractivity contribution in [2.45, 2.75) is 19.6 Å². The van der Waals surface area contributed by atoms with Gasteiger partial charge in [-0.3, -0.25) is 19.5 Å². The monoisotopic (exact) mass is 199 g/mol. The van der Waals surface area contributed by atoms with Crippen LogP contribution in [-0.4, -0.2) is 67.5 Å². The summed E-state index contributed by atoms with van der Waals surface area (Å²) in [6, 6.07) is 0. The second-order valence-corrected chi connectivity index (χ2v) is 4.32. The fourth-order valence-corrected chi connectivity index (χ4v) is 2.20. The number of nitrogens with zero attached hydrogens (tertiary/aromatic N) is 3. The standard InChI is InChI=1S/C10H21N3O/c1-9(14)8-13-7-5-6-12(4)10(13)11(2)3/h10H,5-8H2,1-4H3. The van der Waals surface area contributed by atoms with Crippen LogP contribution in [0, 0.1) is 0 Å². The van der Waals surface area contributed by atoms with Gasteiger partial charge in [0.1, 0.15) is 12.1 Å². The zero-order chi connectivity index (χ0) is 10.7. The van der Waals surface area contributed by atoms with Gasteiger partial charge in [-0.2, -0.15) is 0 Å². The van der Waals surface area contributed by atoms with Crippen molar-refractivity contribution in [3.05, 3.63) is 0 Å².